The first-order valence-corrected chi connectivity index (χ1v) is 4.51. The summed E-state index contributed by atoms with van der Waals surface area (Å²) in [6.45, 7) is 0. The molecule has 2 N–H and O–H groups in total. The molecule has 0 atom stereocenters. The van der Waals surface area contributed by atoms with Gasteiger partial charge in [-0.05, 0) is 22.0 Å². The van der Waals surface area contributed by atoms with Crippen LogP contribution in [0, 0.1) is 0 Å². The maximum Gasteiger partial charge on any atom is 0.573 e. The van der Waals surface area contributed by atoms with Crippen molar-refractivity contribution in [1.29, 1.82) is 0 Å². The molecule has 0 aliphatic carbocycles. The van der Waals surface area contributed by atoms with E-state index < -0.39 is 12.1 Å². The normalized spacial score (nSPS) is 11.3. The van der Waals surface area contributed by atoms with E-state index in [2.05, 4.69) is 20.7 Å². The second-order valence-corrected chi connectivity index (χ2v) is 3.43. The van der Waals surface area contributed by atoms with Crippen LogP contribution in [0.4, 0.5) is 18.9 Å². The average molecular weight is 286 g/mol. The fourth-order valence-electron chi connectivity index (χ4n) is 0.930. The van der Waals surface area contributed by atoms with Crippen molar-refractivity contribution >= 4 is 21.6 Å². The van der Waals surface area contributed by atoms with Gasteiger partial charge >= 0.3 is 6.36 Å². The van der Waals surface area contributed by atoms with Crippen molar-refractivity contribution in [2.45, 2.75) is 6.36 Å². The first kappa shape index (κ1) is 12.0. The number of anilines is 1. The van der Waals surface area contributed by atoms with Crippen LogP contribution < -0.4 is 15.2 Å². The molecule has 1 rings (SSSR count). The van der Waals surface area contributed by atoms with E-state index in [0.29, 0.717) is 0 Å². The highest BCUT2D eigenvalue weighted by Gasteiger charge is 2.32. The lowest BCUT2D eigenvalue weighted by Crippen LogP contribution is -2.17. The Kier molecular flexibility index (Phi) is 3.33. The topological polar surface area (TPSA) is 44.5 Å². The number of alkyl halides is 3. The number of methoxy groups -OCH3 is 1. The SMILES string of the molecule is COc1cc(OC(F)(F)F)c(Br)cc1N. The summed E-state index contributed by atoms with van der Waals surface area (Å²) in [4.78, 5) is 0. The van der Waals surface area contributed by atoms with Crippen LogP contribution >= 0.6 is 15.9 Å². The summed E-state index contributed by atoms with van der Waals surface area (Å²) in [5.41, 5.74) is 5.69. The molecule has 0 heterocycles. The molecular weight excluding hydrogens is 279 g/mol. The van der Waals surface area contributed by atoms with Gasteiger partial charge in [-0.15, -0.1) is 13.2 Å². The molecule has 0 amide bonds. The molecule has 0 saturated heterocycles. The first-order valence-electron chi connectivity index (χ1n) is 3.72. The van der Waals surface area contributed by atoms with Gasteiger partial charge in [-0.3, -0.25) is 0 Å². The van der Waals surface area contributed by atoms with Gasteiger partial charge in [0.05, 0.1) is 17.3 Å². The Bertz CT molecular complexity index is 368. The van der Waals surface area contributed by atoms with Crippen molar-refractivity contribution in [3.05, 3.63) is 16.6 Å². The van der Waals surface area contributed by atoms with Crippen LogP contribution in [0.2, 0.25) is 0 Å². The summed E-state index contributed by atoms with van der Waals surface area (Å²) in [6, 6.07) is 2.34. The van der Waals surface area contributed by atoms with Gasteiger partial charge in [0.1, 0.15) is 11.5 Å². The molecule has 3 nitrogen and oxygen atoms in total. The Morgan fingerprint density at radius 3 is 2.33 bits per heavy atom. The zero-order valence-corrected chi connectivity index (χ0v) is 9.15. The molecule has 0 bridgehead atoms. The van der Waals surface area contributed by atoms with E-state index in [1.165, 1.54) is 13.2 Å². The van der Waals surface area contributed by atoms with Gasteiger partial charge in [0.15, 0.2) is 0 Å². The van der Waals surface area contributed by atoms with Crippen molar-refractivity contribution in [1.82, 2.24) is 0 Å². The molecule has 0 radical (unpaired) electrons. The van der Waals surface area contributed by atoms with E-state index in [4.69, 9.17) is 10.5 Å². The molecular formula is C8H7BrF3NO2. The highest BCUT2D eigenvalue weighted by atomic mass is 79.9. The van der Waals surface area contributed by atoms with E-state index in [0.717, 1.165) is 6.07 Å². The molecule has 0 aliphatic heterocycles. The van der Waals surface area contributed by atoms with Crippen LogP contribution in [-0.2, 0) is 0 Å². The lowest BCUT2D eigenvalue weighted by Gasteiger charge is -2.12. The van der Waals surface area contributed by atoms with E-state index >= 15 is 0 Å². The minimum Gasteiger partial charge on any atom is -0.494 e. The van der Waals surface area contributed by atoms with E-state index in [1.807, 2.05) is 0 Å². The number of halogens is 4. The Morgan fingerprint density at radius 2 is 1.87 bits per heavy atom. The second kappa shape index (κ2) is 4.18. The summed E-state index contributed by atoms with van der Waals surface area (Å²) in [5.74, 6) is -0.272. The number of hydrogen-bond acceptors (Lipinski definition) is 3. The largest absolute Gasteiger partial charge is 0.573 e. The summed E-state index contributed by atoms with van der Waals surface area (Å²) in [7, 11) is 1.30. The van der Waals surface area contributed by atoms with Crippen molar-refractivity contribution in [2.24, 2.45) is 0 Å². The number of benzene rings is 1. The number of nitrogen functional groups attached to an aromatic ring is 1. The van der Waals surface area contributed by atoms with Crippen molar-refractivity contribution < 1.29 is 22.6 Å². The van der Waals surface area contributed by atoms with Gasteiger partial charge in [0, 0.05) is 6.07 Å². The minimum atomic E-state index is -4.75. The predicted octanol–water partition coefficient (Wildman–Crippen LogP) is 2.94. The number of ether oxygens (including phenoxy) is 2. The first-order chi connectivity index (χ1) is 6.83. The van der Waals surface area contributed by atoms with Crippen LogP contribution in [0.3, 0.4) is 0 Å². The Morgan fingerprint density at radius 1 is 1.27 bits per heavy atom. The van der Waals surface area contributed by atoms with Gasteiger partial charge < -0.3 is 15.2 Å². The van der Waals surface area contributed by atoms with Crippen LogP contribution in [-0.4, -0.2) is 13.5 Å². The molecule has 0 unspecified atom stereocenters. The molecule has 1 aromatic carbocycles. The fraction of sp³-hybridized carbons (Fsp3) is 0.250. The number of nitrogens with two attached hydrogens (primary N) is 1. The molecule has 0 aromatic heterocycles. The van der Waals surface area contributed by atoms with E-state index in [9.17, 15) is 13.2 Å². The molecule has 7 heteroatoms. The second-order valence-electron chi connectivity index (χ2n) is 2.57. The van der Waals surface area contributed by atoms with E-state index in [-0.39, 0.29) is 15.9 Å². The Hall–Kier alpha value is -1.11. The average Bonchev–Trinajstić information content (AvgIpc) is 2.07. The smallest absolute Gasteiger partial charge is 0.494 e. The molecule has 84 valence electrons. The number of hydrogen-bond donors (Lipinski definition) is 1. The van der Waals surface area contributed by atoms with Gasteiger partial charge in [0.2, 0.25) is 0 Å². The maximum absolute atomic E-state index is 11.9. The summed E-state index contributed by atoms with van der Waals surface area (Å²) in [5, 5.41) is 0. The van der Waals surface area contributed by atoms with Gasteiger partial charge in [-0.1, -0.05) is 0 Å². The third-order valence-electron chi connectivity index (χ3n) is 1.51. The highest BCUT2D eigenvalue weighted by Crippen LogP contribution is 2.37. The fourth-order valence-corrected chi connectivity index (χ4v) is 1.37. The molecule has 0 spiro atoms. The van der Waals surface area contributed by atoms with Crippen LogP contribution in [0.5, 0.6) is 11.5 Å². The molecule has 1 aromatic rings. The monoisotopic (exact) mass is 285 g/mol. The summed E-state index contributed by atoms with van der Waals surface area (Å²) in [6.07, 6.45) is -4.75. The molecule has 15 heavy (non-hydrogen) atoms. The van der Waals surface area contributed by atoms with Crippen LogP contribution in [0.1, 0.15) is 0 Å². The standard InChI is InChI=1S/C8H7BrF3NO2/c1-14-7-3-6(15-8(10,11)12)4(9)2-5(7)13/h2-3H,13H2,1H3. The lowest BCUT2D eigenvalue weighted by atomic mass is 10.3. The quantitative estimate of drug-likeness (QED) is 0.850. The van der Waals surface area contributed by atoms with Crippen molar-refractivity contribution in [3.8, 4) is 11.5 Å². The van der Waals surface area contributed by atoms with Gasteiger partial charge in [-0.25, -0.2) is 0 Å². The zero-order chi connectivity index (χ0) is 11.6. The number of rotatable bonds is 2. The third kappa shape index (κ3) is 3.19. The molecule has 0 aliphatic rings. The van der Waals surface area contributed by atoms with Crippen LogP contribution in [0.25, 0.3) is 0 Å². The molecule has 0 fully saturated rings. The molecule has 0 saturated carbocycles. The summed E-state index contributed by atoms with van der Waals surface area (Å²) < 4.78 is 44.4. The Labute approximate surface area is 92.1 Å². The van der Waals surface area contributed by atoms with Crippen molar-refractivity contribution in [2.75, 3.05) is 12.8 Å². The lowest BCUT2D eigenvalue weighted by molar-refractivity contribution is -0.274. The maximum atomic E-state index is 11.9. The summed E-state index contributed by atoms with van der Waals surface area (Å²) >= 11 is 2.90. The predicted molar refractivity (Wildman–Crippen MR) is 51.8 cm³/mol. The highest BCUT2D eigenvalue weighted by molar-refractivity contribution is 9.10. The van der Waals surface area contributed by atoms with E-state index in [1.54, 1.807) is 0 Å². The van der Waals surface area contributed by atoms with Gasteiger partial charge in [-0.2, -0.15) is 0 Å². The van der Waals surface area contributed by atoms with Crippen molar-refractivity contribution in [3.63, 3.8) is 0 Å². The Balaban J connectivity index is 3.08. The zero-order valence-electron chi connectivity index (χ0n) is 7.56. The third-order valence-corrected chi connectivity index (χ3v) is 2.13. The minimum absolute atomic E-state index is 0.109. The van der Waals surface area contributed by atoms with Gasteiger partial charge in [0.25, 0.3) is 0 Å². The van der Waals surface area contributed by atoms with Crippen LogP contribution in [0.15, 0.2) is 16.6 Å².